The molecule has 1 atom stereocenters. The van der Waals surface area contributed by atoms with Gasteiger partial charge in [0.05, 0.1) is 24.7 Å². The number of benzene rings is 3. The molecule has 0 aliphatic rings. The van der Waals surface area contributed by atoms with E-state index in [1.807, 2.05) is 0 Å². The number of hydrogen-bond acceptors (Lipinski definition) is 4. The van der Waals surface area contributed by atoms with Crippen LogP contribution in [0, 0.1) is 18.6 Å². The van der Waals surface area contributed by atoms with Gasteiger partial charge in [0.1, 0.15) is 17.2 Å². The van der Waals surface area contributed by atoms with Crippen LogP contribution >= 0.6 is 0 Å². The maximum atomic E-state index is 15.0. The fourth-order valence-electron chi connectivity index (χ4n) is 4.47. The van der Waals surface area contributed by atoms with E-state index in [1.54, 1.807) is 63.2 Å². The molecule has 208 valence electrons. The van der Waals surface area contributed by atoms with Crippen molar-refractivity contribution < 1.29 is 18.3 Å². The quantitative estimate of drug-likeness (QED) is 0.328. The van der Waals surface area contributed by atoms with Crippen molar-refractivity contribution in [1.82, 2.24) is 14.5 Å². The van der Waals surface area contributed by atoms with Gasteiger partial charge in [-0.05, 0) is 45.4 Å². The number of carbonyl (C=O) groups is 1. The molecule has 0 spiro atoms. The summed E-state index contributed by atoms with van der Waals surface area (Å²) < 4.78 is 37.2. The van der Waals surface area contributed by atoms with Gasteiger partial charge < -0.3 is 10.1 Å². The first-order valence-electron chi connectivity index (χ1n) is 12.8. The van der Waals surface area contributed by atoms with E-state index in [-0.39, 0.29) is 35.5 Å². The van der Waals surface area contributed by atoms with E-state index in [9.17, 15) is 23.2 Å². The van der Waals surface area contributed by atoms with Gasteiger partial charge in [-0.3, -0.25) is 13.9 Å². The maximum absolute atomic E-state index is 15.0. The number of carbonyl (C=O) groups excluding carboxylic acids is 1. The van der Waals surface area contributed by atoms with Crippen LogP contribution in [0.2, 0.25) is 0 Å². The van der Waals surface area contributed by atoms with Crippen LogP contribution in [0.1, 0.15) is 43.6 Å². The molecule has 9 heteroatoms. The highest BCUT2D eigenvalue weighted by molar-refractivity contribution is 5.68. The van der Waals surface area contributed by atoms with E-state index in [1.165, 1.54) is 47.9 Å². The van der Waals surface area contributed by atoms with Crippen molar-refractivity contribution in [3.63, 3.8) is 0 Å². The van der Waals surface area contributed by atoms with Crippen molar-refractivity contribution in [1.29, 1.82) is 0 Å². The fraction of sp³-hybridized carbons (Fsp3) is 0.258. The van der Waals surface area contributed by atoms with E-state index in [2.05, 4.69) is 5.32 Å². The number of nitrogens with one attached hydrogen (secondary N) is 1. The lowest BCUT2D eigenvalue weighted by Crippen LogP contribution is -2.46. The maximum Gasteiger partial charge on any atom is 0.408 e. The Hall–Kier alpha value is -4.53. The van der Waals surface area contributed by atoms with Crippen molar-refractivity contribution in [2.45, 2.75) is 52.4 Å². The van der Waals surface area contributed by atoms with E-state index < -0.39 is 40.6 Å². The molecule has 3 aromatic carbocycles. The molecule has 4 rings (SSSR count). The van der Waals surface area contributed by atoms with Gasteiger partial charge in [0.25, 0.3) is 5.56 Å². The van der Waals surface area contributed by atoms with Gasteiger partial charge in [-0.1, -0.05) is 66.7 Å². The topological polar surface area (TPSA) is 82.3 Å². The number of aromatic nitrogens is 2. The average molecular weight is 548 g/mol. The second kappa shape index (κ2) is 11.7. The van der Waals surface area contributed by atoms with Crippen LogP contribution in [-0.2, 0) is 17.8 Å². The molecule has 0 aliphatic heterocycles. The standard InChI is InChI=1S/C31H31F2N3O4/c1-20-27(23-15-9-11-17-25(23)33)28(37)36(30(39)35(20)18-22-14-8-10-16-24(22)32)19-26(21-12-6-5-7-13-21)34-29(38)40-31(2,3)4/h5-17,26H,18-19H2,1-4H3,(H,34,38)/t26-/m0/s1. The first-order valence-corrected chi connectivity index (χ1v) is 12.8. The van der Waals surface area contributed by atoms with E-state index in [0.29, 0.717) is 5.56 Å². The lowest BCUT2D eigenvalue weighted by atomic mass is 10.0. The molecule has 0 fully saturated rings. The molecule has 0 bridgehead atoms. The van der Waals surface area contributed by atoms with Crippen LogP contribution in [-0.4, -0.2) is 20.8 Å². The van der Waals surface area contributed by atoms with Crippen molar-refractivity contribution in [2.24, 2.45) is 0 Å². The number of ether oxygens (including phenoxy) is 1. The van der Waals surface area contributed by atoms with Crippen LogP contribution < -0.4 is 16.6 Å². The van der Waals surface area contributed by atoms with Gasteiger partial charge in [0.15, 0.2) is 0 Å². The third kappa shape index (κ3) is 6.36. The molecule has 40 heavy (non-hydrogen) atoms. The SMILES string of the molecule is Cc1c(-c2ccccc2F)c(=O)n(C[C@H](NC(=O)OC(C)(C)C)c2ccccc2)c(=O)n1Cc1ccccc1F. The van der Waals surface area contributed by atoms with Crippen molar-refractivity contribution in [3.8, 4) is 11.1 Å². The van der Waals surface area contributed by atoms with Gasteiger partial charge in [0, 0.05) is 16.8 Å². The van der Waals surface area contributed by atoms with Crippen LogP contribution in [0.5, 0.6) is 0 Å². The Morgan fingerprint density at radius 2 is 1.48 bits per heavy atom. The molecular weight excluding hydrogens is 516 g/mol. The fourth-order valence-corrected chi connectivity index (χ4v) is 4.47. The zero-order valence-corrected chi connectivity index (χ0v) is 22.8. The Morgan fingerprint density at radius 1 is 0.875 bits per heavy atom. The molecular formula is C31H31F2N3O4. The summed E-state index contributed by atoms with van der Waals surface area (Å²) >= 11 is 0. The summed E-state index contributed by atoms with van der Waals surface area (Å²) in [6.07, 6.45) is -0.734. The lowest BCUT2D eigenvalue weighted by Gasteiger charge is -2.25. The Labute approximate surface area is 230 Å². The molecule has 1 N–H and O–H groups in total. The number of hydrogen-bond donors (Lipinski definition) is 1. The number of halogens is 2. The molecule has 1 aromatic heterocycles. The average Bonchev–Trinajstić information content (AvgIpc) is 2.90. The Balaban J connectivity index is 1.90. The van der Waals surface area contributed by atoms with Crippen molar-refractivity contribution in [3.05, 3.63) is 128 Å². The van der Waals surface area contributed by atoms with Crippen molar-refractivity contribution >= 4 is 6.09 Å². The monoisotopic (exact) mass is 547 g/mol. The first-order chi connectivity index (χ1) is 19.0. The predicted molar refractivity (Wildman–Crippen MR) is 149 cm³/mol. The molecule has 1 heterocycles. The second-order valence-corrected chi connectivity index (χ2v) is 10.4. The summed E-state index contributed by atoms with van der Waals surface area (Å²) in [4.78, 5) is 40.5. The highest BCUT2D eigenvalue weighted by Crippen LogP contribution is 2.24. The number of rotatable bonds is 7. The molecule has 4 aromatic rings. The zero-order valence-electron chi connectivity index (χ0n) is 22.8. The summed E-state index contributed by atoms with van der Waals surface area (Å²) in [6.45, 7) is 6.22. The number of nitrogens with zero attached hydrogens (tertiary/aromatic N) is 2. The van der Waals surface area contributed by atoms with Gasteiger partial charge in [0.2, 0.25) is 0 Å². The van der Waals surface area contributed by atoms with Gasteiger partial charge in [-0.2, -0.15) is 0 Å². The smallest absolute Gasteiger partial charge is 0.408 e. The van der Waals surface area contributed by atoms with Crippen LogP contribution in [0.4, 0.5) is 13.6 Å². The summed E-state index contributed by atoms with van der Waals surface area (Å²) in [7, 11) is 0. The van der Waals surface area contributed by atoms with Gasteiger partial charge in [-0.25, -0.2) is 18.4 Å². The Kier molecular flexibility index (Phi) is 8.32. The summed E-state index contributed by atoms with van der Waals surface area (Å²) in [6, 6.07) is 19.7. The molecule has 7 nitrogen and oxygen atoms in total. The van der Waals surface area contributed by atoms with Gasteiger partial charge >= 0.3 is 11.8 Å². The molecule has 0 saturated carbocycles. The van der Waals surface area contributed by atoms with Crippen molar-refractivity contribution in [2.75, 3.05) is 0 Å². The Morgan fingerprint density at radius 3 is 2.10 bits per heavy atom. The second-order valence-electron chi connectivity index (χ2n) is 10.4. The zero-order chi connectivity index (χ0) is 29.0. The summed E-state index contributed by atoms with van der Waals surface area (Å²) in [5, 5.41) is 2.75. The lowest BCUT2D eigenvalue weighted by molar-refractivity contribution is 0.0497. The summed E-state index contributed by atoms with van der Waals surface area (Å²) in [5.41, 5.74) is -1.22. The summed E-state index contributed by atoms with van der Waals surface area (Å²) in [5.74, 6) is -1.16. The van der Waals surface area contributed by atoms with E-state index in [4.69, 9.17) is 4.74 Å². The molecule has 0 radical (unpaired) electrons. The normalized spacial score (nSPS) is 12.2. The molecule has 0 unspecified atom stereocenters. The van der Waals surface area contributed by atoms with Crippen LogP contribution in [0.25, 0.3) is 11.1 Å². The largest absolute Gasteiger partial charge is 0.444 e. The number of alkyl carbamates (subject to hydrolysis) is 1. The van der Waals surface area contributed by atoms with Gasteiger partial charge in [-0.15, -0.1) is 0 Å². The highest BCUT2D eigenvalue weighted by Gasteiger charge is 2.25. The minimum absolute atomic E-state index is 0.0115. The third-order valence-electron chi connectivity index (χ3n) is 6.38. The van der Waals surface area contributed by atoms with E-state index >= 15 is 0 Å². The van der Waals surface area contributed by atoms with E-state index in [0.717, 1.165) is 4.57 Å². The minimum atomic E-state index is -0.848. The molecule has 1 amide bonds. The van der Waals surface area contributed by atoms with Crippen LogP contribution in [0.3, 0.4) is 0 Å². The Bertz CT molecular complexity index is 1640. The van der Waals surface area contributed by atoms with Crippen LogP contribution in [0.15, 0.2) is 88.5 Å². The minimum Gasteiger partial charge on any atom is -0.444 e. The third-order valence-corrected chi connectivity index (χ3v) is 6.38. The molecule has 0 saturated heterocycles. The number of amides is 1. The molecule has 0 aliphatic carbocycles. The first kappa shape index (κ1) is 28.5. The highest BCUT2D eigenvalue weighted by atomic mass is 19.1. The predicted octanol–water partition coefficient (Wildman–Crippen LogP) is 5.58.